The molecule has 0 aliphatic carbocycles. The topological polar surface area (TPSA) is 107 Å². The summed E-state index contributed by atoms with van der Waals surface area (Å²) in [4.78, 5) is 30.0. The van der Waals surface area contributed by atoms with Crippen LogP contribution >= 0.6 is 11.3 Å². The highest BCUT2D eigenvalue weighted by Gasteiger charge is 2.11. The van der Waals surface area contributed by atoms with E-state index >= 15 is 0 Å². The van der Waals surface area contributed by atoms with Crippen molar-refractivity contribution < 1.29 is 19.5 Å². The second-order valence-corrected chi connectivity index (χ2v) is 9.54. The number of alkyl carbamates (subject to hydrolysis) is 1. The number of rotatable bonds is 12. The van der Waals surface area contributed by atoms with E-state index < -0.39 is 12.0 Å². The Labute approximate surface area is 219 Å². The summed E-state index contributed by atoms with van der Waals surface area (Å²) in [5, 5.41) is 14.6. The van der Waals surface area contributed by atoms with Gasteiger partial charge in [0, 0.05) is 47.7 Å². The molecule has 0 aliphatic rings. The molecule has 2 aromatic carbocycles. The van der Waals surface area contributed by atoms with Crippen molar-refractivity contribution in [3.63, 3.8) is 0 Å². The van der Waals surface area contributed by atoms with Crippen LogP contribution in [0, 0.1) is 0 Å². The highest BCUT2D eigenvalue weighted by Crippen LogP contribution is 2.19. The Morgan fingerprint density at radius 3 is 2.68 bits per heavy atom. The number of para-hydroxylation sites is 1. The first kappa shape index (κ1) is 26.2. The number of benzene rings is 2. The summed E-state index contributed by atoms with van der Waals surface area (Å²) in [6.07, 6.45) is 5.39. The lowest BCUT2D eigenvalue weighted by Crippen LogP contribution is -2.32. The molecule has 4 aromatic rings. The Kier molecular flexibility index (Phi) is 9.47. The second-order valence-electron chi connectivity index (χ2n) is 8.51. The lowest BCUT2D eigenvalue weighted by molar-refractivity contribution is -0.124. The lowest BCUT2D eigenvalue weighted by Gasteiger charge is -2.22. The zero-order valence-corrected chi connectivity index (χ0v) is 21.2. The van der Waals surface area contributed by atoms with Crippen LogP contribution in [0.15, 0.2) is 78.3 Å². The number of aromatic amines is 1. The van der Waals surface area contributed by atoms with Crippen LogP contribution < -0.4 is 10.8 Å². The fourth-order valence-electron chi connectivity index (χ4n) is 3.98. The van der Waals surface area contributed by atoms with Crippen LogP contribution in [0.2, 0.25) is 0 Å². The molecular weight excluding hydrogens is 488 g/mol. The lowest BCUT2D eigenvalue weighted by atomic mass is 10.1. The minimum absolute atomic E-state index is 0.279. The van der Waals surface area contributed by atoms with Crippen molar-refractivity contribution >= 4 is 40.3 Å². The first-order valence-electron chi connectivity index (χ1n) is 12.0. The van der Waals surface area contributed by atoms with Gasteiger partial charge in [0.2, 0.25) is 0 Å². The quantitative estimate of drug-likeness (QED) is 0.123. The summed E-state index contributed by atoms with van der Waals surface area (Å²) in [7, 11) is 0. The number of nitrogens with zero attached hydrogens (tertiary/aromatic N) is 1. The van der Waals surface area contributed by atoms with E-state index in [0.29, 0.717) is 19.6 Å². The Hall–Kier alpha value is -3.92. The number of thiophene rings is 1. The summed E-state index contributed by atoms with van der Waals surface area (Å²) in [6.45, 7) is 2.81. The zero-order valence-electron chi connectivity index (χ0n) is 20.4. The fraction of sp³-hybridized carbons (Fsp3) is 0.214. The number of amides is 2. The smallest absolute Gasteiger partial charge is 0.407 e. The van der Waals surface area contributed by atoms with Crippen molar-refractivity contribution in [2.45, 2.75) is 19.5 Å². The van der Waals surface area contributed by atoms with Gasteiger partial charge in [-0.2, -0.15) is 0 Å². The predicted molar refractivity (Wildman–Crippen MR) is 145 cm³/mol. The van der Waals surface area contributed by atoms with E-state index in [2.05, 4.69) is 33.5 Å². The van der Waals surface area contributed by atoms with Crippen molar-refractivity contribution in [2.24, 2.45) is 0 Å². The van der Waals surface area contributed by atoms with Gasteiger partial charge in [-0.3, -0.25) is 14.9 Å². The molecule has 2 heterocycles. The van der Waals surface area contributed by atoms with Crippen molar-refractivity contribution in [2.75, 3.05) is 19.7 Å². The Balaban J connectivity index is 1.35. The number of carbonyl (C=O) groups is 2. The Morgan fingerprint density at radius 2 is 1.89 bits per heavy atom. The second kappa shape index (κ2) is 13.4. The van der Waals surface area contributed by atoms with E-state index in [9.17, 15) is 9.59 Å². The molecule has 4 rings (SSSR count). The summed E-state index contributed by atoms with van der Waals surface area (Å²) >= 11 is 1.59. The number of aromatic nitrogens is 1. The normalized spacial score (nSPS) is 11.3. The molecule has 2 aromatic heterocycles. The number of carbonyl (C=O) groups excluding carboxylic acids is 2. The molecule has 0 spiro atoms. The molecule has 37 heavy (non-hydrogen) atoms. The van der Waals surface area contributed by atoms with Crippen molar-refractivity contribution in [3.05, 3.63) is 99.9 Å². The van der Waals surface area contributed by atoms with E-state index in [1.165, 1.54) is 17.0 Å². The first-order chi connectivity index (χ1) is 18.1. The average molecular weight is 519 g/mol. The number of H-pyrrole nitrogens is 1. The summed E-state index contributed by atoms with van der Waals surface area (Å²) in [6, 6.07) is 20.0. The Morgan fingerprint density at radius 1 is 1.05 bits per heavy atom. The maximum atomic E-state index is 12.1. The third-order valence-corrected chi connectivity index (χ3v) is 6.80. The van der Waals surface area contributed by atoms with Crippen molar-refractivity contribution in [1.29, 1.82) is 0 Å². The van der Waals surface area contributed by atoms with E-state index in [1.54, 1.807) is 22.9 Å². The molecule has 2 amide bonds. The number of hydrogen-bond donors (Lipinski definition) is 4. The van der Waals surface area contributed by atoms with Gasteiger partial charge in [0.1, 0.15) is 6.61 Å². The SMILES string of the molecule is O=C(C=Cc1ccc(CN(CCOC(=O)NCc2cccs2)CCc2c[nH]c3ccccc23)cc1)NO. The molecule has 8 nitrogen and oxygen atoms in total. The van der Waals surface area contributed by atoms with Gasteiger partial charge in [-0.05, 0) is 46.7 Å². The van der Waals surface area contributed by atoms with Gasteiger partial charge in [-0.15, -0.1) is 11.3 Å². The van der Waals surface area contributed by atoms with Gasteiger partial charge in [-0.1, -0.05) is 48.5 Å². The molecule has 4 N–H and O–H groups in total. The number of nitrogens with one attached hydrogen (secondary N) is 3. The molecule has 9 heteroatoms. The van der Waals surface area contributed by atoms with Gasteiger partial charge in [0.15, 0.2) is 0 Å². The monoisotopic (exact) mass is 518 g/mol. The van der Waals surface area contributed by atoms with Gasteiger partial charge < -0.3 is 15.0 Å². The van der Waals surface area contributed by atoms with Gasteiger partial charge in [0.05, 0.1) is 6.54 Å². The standard InChI is InChI=1S/C28H30N4O4S/c33-27(31-35)12-11-21-7-9-22(10-8-21)20-32(14-13-23-18-29-26-6-2-1-5-25(23)26)15-16-36-28(34)30-19-24-4-3-17-37-24/h1-12,17-18,29,35H,13-16,19-20H2,(H,30,34)(H,31,33). The molecule has 0 unspecified atom stereocenters. The third-order valence-electron chi connectivity index (χ3n) is 5.92. The van der Waals surface area contributed by atoms with Crippen LogP contribution in [0.1, 0.15) is 21.6 Å². The van der Waals surface area contributed by atoms with Crippen LogP contribution in [-0.4, -0.2) is 46.8 Å². The van der Waals surface area contributed by atoms with Crippen LogP contribution in [0.5, 0.6) is 0 Å². The predicted octanol–water partition coefficient (Wildman–Crippen LogP) is 4.72. The zero-order chi connectivity index (χ0) is 25.9. The van der Waals surface area contributed by atoms with E-state index in [4.69, 9.17) is 9.94 Å². The van der Waals surface area contributed by atoms with E-state index in [1.807, 2.05) is 53.9 Å². The molecule has 0 saturated heterocycles. The van der Waals surface area contributed by atoms with Crippen LogP contribution in [0.25, 0.3) is 17.0 Å². The largest absolute Gasteiger partial charge is 0.448 e. The first-order valence-corrected chi connectivity index (χ1v) is 12.9. The number of ether oxygens (including phenoxy) is 1. The highest BCUT2D eigenvalue weighted by molar-refractivity contribution is 7.09. The van der Waals surface area contributed by atoms with Crippen LogP contribution in [0.4, 0.5) is 4.79 Å². The molecule has 0 fully saturated rings. The number of fused-ring (bicyclic) bond motifs is 1. The molecule has 0 bridgehead atoms. The molecule has 0 atom stereocenters. The van der Waals surface area contributed by atoms with E-state index in [-0.39, 0.29) is 6.61 Å². The molecular formula is C28H30N4O4S. The van der Waals surface area contributed by atoms with Gasteiger partial charge in [-0.25, -0.2) is 10.3 Å². The van der Waals surface area contributed by atoms with Crippen LogP contribution in [0.3, 0.4) is 0 Å². The number of hydrogen-bond acceptors (Lipinski definition) is 6. The average Bonchev–Trinajstić information content (AvgIpc) is 3.60. The number of hydroxylamine groups is 1. The van der Waals surface area contributed by atoms with Crippen molar-refractivity contribution in [3.8, 4) is 0 Å². The maximum Gasteiger partial charge on any atom is 0.407 e. The summed E-state index contributed by atoms with van der Waals surface area (Å²) < 4.78 is 5.44. The molecule has 0 radical (unpaired) electrons. The van der Waals surface area contributed by atoms with Gasteiger partial charge >= 0.3 is 6.09 Å². The highest BCUT2D eigenvalue weighted by atomic mass is 32.1. The Bertz CT molecular complexity index is 1320. The fourth-order valence-corrected chi connectivity index (χ4v) is 4.62. The minimum atomic E-state index is -0.577. The summed E-state index contributed by atoms with van der Waals surface area (Å²) in [5.74, 6) is -0.577. The molecule has 192 valence electrons. The van der Waals surface area contributed by atoms with E-state index in [0.717, 1.165) is 34.5 Å². The molecule has 0 aliphatic heterocycles. The summed E-state index contributed by atoms with van der Waals surface area (Å²) in [5.41, 5.74) is 5.90. The third kappa shape index (κ3) is 8.04. The maximum absolute atomic E-state index is 12.1. The van der Waals surface area contributed by atoms with Gasteiger partial charge in [0.25, 0.3) is 5.91 Å². The molecule has 0 saturated carbocycles. The van der Waals surface area contributed by atoms with Crippen LogP contribution in [-0.2, 0) is 29.0 Å². The minimum Gasteiger partial charge on any atom is -0.448 e. The van der Waals surface area contributed by atoms with Crippen molar-refractivity contribution in [1.82, 2.24) is 20.7 Å².